The molecule has 2 saturated heterocycles. The third-order valence-corrected chi connectivity index (χ3v) is 7.51. The minimum atomic E-state index is -0.328. The summed E-state index contributed by atoms with van der Waals surface area (Å²) in [5, 5.41) is 0.995. The van der Waals surface area contributed by atoms with Gasteiger partial charge in [0.15, 0.2) is 0 Å². The maximum absolute atomic E-state index is 13.4. The molecule has 2 fully saturated rings. The summed E-state index contributed by atoms with van der Waals surface area (Å²) in [6.07, 6.45) is 3.85. The second-order valence-electron chi connectivity index (χ2n) is 8.23. The monoisotopic (exact) mass is 479 g/mol. The number of benzene rings is 2. The first-order valence-corrected chi connectivity index (χ1v) is 12.0. The van der Waals surface area contributed by atoms with Crippen molar-refractivity contribution in [2.45, 2.75) is 19.4 Å². The van der Waals surface area contributed by atoms with E-state index in [-0.39, 0.29) is 23.8 Å². The molecular weight excluding hydrogens is 457 g/mol. The lowest BCUT2D eigenvalue weighted by atomic mass is 10.1. The Morgan fingerprint density at radius 3 is 2.48 bits per heavy atom. The fraction of sp³-hybridized carbons (Fsp3) is 0.240. The van der Waals surface area contributed by atoms with Crippen molar-refractivity contribution >= 4 is 56.9 Å². The second kappa shape index (κ2) is 8.76. The second-order valence-corrected chi connectivity index (χ2v) is 9.91. The molecule has 8 heteroatoms. The highest BCUT2D eigenvalue weighted by atomic mass is 32.2. The molecule has 2 aliphatic heterocycles. The zero-order chi connectivity index (χ0) is 23.1. The van der Waals surface area contributed by atoms with Gasteiger partial charge in [0, 0.05) is 25.5 Å². The molecule has 2 aromatic carbocycles. The van der Waals surface area contributed by atoms with E-state index in [4.69, 9.17) is 12.2 Å². The number of carbonyl (C=O) groups is 1. The molecular formula is C25H22FN3O2S2. The van der Waals surface area contributed by atoms with Gasteiger partial charge in [-0.05, 0) is 42.7 Å². The van der Waals surface area contributed by atoms with Crippen LogP contribution in [0.1, 0.15) is 24.0 Å². The number of thiocarbonyl (C=S) groups is 1. The molecule has 33 heavy (non-hydrogen) atoms. The predicted molar refractivity (Wildman–Crippen MR) is 136 cm³/mol. The first-order chi connectivity index (χ1) is 15.9. The van der Waals surface area contributed by atoms with Gasteiger partial charge in [0.05, 0.1) is 28.2 Å². The van der Waals surface area contributed by atoms with Gasteiger partial charge in [-0.2, -0.15) is 0 Å². The van der Waals surface area contributed by atoms with E-state index in [2.05, 4.69) is 4.90 Å². The minimum absolute atomic E-state index is 0.139. The van der Waals surface area contributed by atoms with Gasteiger partial charge in [0.1, 0.15) is 10.1 Å². The van der Waals surface area contributed by atoms with Crippen molar-refractivity contribution in [1.29, 1.82) is 0 Å². The first kappa shape index (κ1) is 21.9. The molecule has 0 unspecified atom stereocenters. The lowest BCUT2D eigenvalue weighted by Crippen LogP contribution is -2.28. The molecule has 0 radical (unpaired) electrons. The number of aromatic nitrogens is 1. The Kier molecular flexibility index (Phi) is 5.80. The number of thioether (sulfide) groups is 1. The molecule has 1 amide bonds. The Balaban J connectivity index is 1.59. The molecule has 0 aliphatic carbocycles. The van der Waals surface area contributed by atoms with E-state index in [0.29, 0.717) is 14.8 Å². The smallest absolute Gasteiger partial charge is 0.266 e. The standard InChI is InChI=1S/C25H22FN3O2S2/c1-27-20-7-3-2-6-18(20)22(28-12-4-5-13-28)19(23(27)30)14-21-24(31)29(25(32)33-21)15-16-8-10-17(26)11-9-16/h2-3,6-11,14H,4-5,12-13,15H2,1H3. The van der Waals surface area contributed by atoms with E-state index >= 15 is 0 Å². The van der Waals surface area contributed by atoms with E-state index in [0.717, 1.165) is 48.1 Å². The number of halogens is 1. The van der Waals surface area contributed by atoms with Crippen molar-refractivity contribution < 1.29 is 9.18 Å². The average molecular weight is 480 g/mol. The number of carbonyl (C=O) groups excluding carboxylic acids is 1. The highest BCUT2D eigenvalue weighted by Crippen LogP contribution is 2.37. The van der Waals surface area contributed by atoms with Crippen LogP contribution in [-0.4, -0.2) is 32.8 Å². The Hall–Kier alpha value is -2.97. The molecule has 3 aromatic rings. The van der Waals surface area contributed by atoms with E-state index in [1.54, 1.807) is 29.8 Å². The van der Waals surface area contributed by atoms with Gasteiger partial charge in [0.25, 0.3) is 11.5 Å². The van der Waals surface area contributed by atoms with Gasteiger partial charge in [-0.3, -0.25) is 14.5 Å². The summed E-state index contributed by atoms with van der Waals surface area (Å²) in [7, 11) is 1.76. The quantitative estimate of drug-likeness (QED) is 0.402. The summed E-state index contributed by atoms with van der Waals surface area (Å²) in [5.74, 6) is -0.567. The van der Waals surface area contributed by atoms with E-state index in [1.807, 2.05) is 24.3 Å². The number of anilines is 1. The number of hydrogen-bond donors (Lipinski definition) is 0. The highest BCUT2D eigenvalue weighted by molar-refractivity contribution is 8.26. The van der Waals surface area contributed by atoms with Crippen LogP contribution < -0.4 is 10.5 Å². The Morgan fingerprint density at radius 2 is 1.76 bits per heavy atom. The van der Waals surface area contributed by atoms with Crippen molar-refractivity contribution in [2.24, 2.45) is 7.05 Å². The van der Waals surface area contributed by atoms with Gasteiger partial charge < -0.3 is 9.47 Å². The van der Waals surface area contributed by atoms with Crippen LogP contribution >= 0.6 is 24.0 Å². The number of nitrogens with zero attached hydrogens (tertiary/aromatic N) is 3. The van der Waals surface area contributed by atoms with Crippen molar-refractivity contribution in [1.82, 2.24) is 9.47 Å². The number of pyridine rings is 1. The van der Waals surface area contributed by atoms with Gasteiger partial charge >= 0.3 is 0 Å². The number of amides is 1. The summed E-state index contributed by atoms with van der Waals surface area (Å²) >= 11 is 6.67. The lowest BCUT2D eigenvalue weighted by Gasteiger charge is -2.23. The van der Waals surface area contributed by atoms with Crippen LogP contribution in [0.15, 0.2) is 58.2 Å². The highest BCUT2D eigenvalue weighted by Gasteiger charge is 2.33. The van der Waals surface area contributed by atoms with Gasteiger partial charge in [-0.25, -0.2) is 4.39 Å². The van der Waals surface area contributed by atoms with Crippen LogP contribution in [0, 0.1) is 5.82 Å². The summed E-state index contributed by atoms with van der Waals surface area (Å²) in [6, 6.07) is 13.9. The van der Waals surface area contributed by atoms with Crippen molar-refractivity contribution in [3.8, 4) is 0 Å². The number of rotatable bonds is 4. The summed E-state index contributed by atoms with van der Waals surface area (Å²) in [6.45, 7) is 2.02. The molecule has 0 spiro atoms. The van der Waals surface area contributed by atoms with Crippen molar-refractivity contribution in [3.05, 3.63) is 80.7 Å². The molecule has 0 atom stereocenters. The van der Waals surface area contributed by atoms with Crippen molar-refractivity contribution in [2.75, 3.05) is 18.0 Å². The SMILES string of the molecule is Cn1c(=O)c(C=C2SC(=S)N(Cc3ccc(F)cc3)C2=O)c(N2CCCC2)c2ccccc21. The molecule has 0 saturated carbocycles. The van der Waals surface area contributed by atoms with Crippen LogP contribution in [0.2, 0.25) is 0 Å². The van der Waals surface area contributed by atoms with Gasteiger partial charge in [0.2, 0.25) is 0 Å². The minimum Gasteiger partial charge on any atom is -0.370 e. The van der Waals surface area contributed by atoms with Crippen LogP contribution in [0.25, 0.3) is 17.0 Å². The zero-order valence-corrected chi connectivity index (χ0v) is 19.7. The Morgan fingerprint density at radius 1 is 1.06 bits per heavy atom. The topological polar surface area (TPSA) is 45.6 Å². The van der Waals surface area contributed by atoms with Crippen LogP contribution in [0.5, 0.6) is 0 Å². The number of fused-ring (bicyclic) bond motifs is 1. The maximum Gasteiger partial charge on any atom is 0.266 e. The molecule has 5 nitrogen and oxygen atoms in total. The molecule has 2 aliphatic rings. The molecule has 1 aromatic heterocycles. The first-order valence-electron chi connectivity index (χ1n) is 10.8. The molecule has 168 valence electrons. The normalized spacial score (nSPS) is 17.7. The van der Waals surface area contributed by atoms with Crippen LogP contribution in [-0.2, 0) is 18.4 Å². The van der Waals surface area contributed by atoms with E-state index in [1.165, 1.54) is 28.8 Å². The van der Waals surface area contributed by atoms with Crippen LogP contribution in [0.4, 0.5) is 10.1 Å². The van der Waals surface area contributed by atoms with Crippen molar-refractivity contribution in [3.63, 3.8) is 0 Å². The van der Waals surface area contributed by atoms with E-state index < -0.39 is 0 Å². The summed E-state index contributed by atoms with van der Waals surface area (Å²) in [5.41, 5.74) is 2.91. The van der Waals surface area contributed by atoms with E-state index in [9.17, 15) is 14.0 Å². The largest absolute Gasteiger partial charge is 0.370 e. The molecule has 0 N–H and O–H groups in total. The molecule has 3 heterocycles. The third-order valence-electron chi connectivity index (χ3n) is 6.14. The number of aryl methyl sites for hydroxylation is 1. The van der Waals surface area contributed by atoms with Gasteiger partial charge in [-0.1, -0.05) is 54.3 Å². The third kappa shape index (κ3) is 3.98. The average Bonchev–Trinajstić information content (AvgIpc) is 3.43. The zero-order valence-electron chi connectivity index (χ0n) is 18.1. The number of para-hydroxylation sites is 1. The summed E-state index contributed by atoms with van der Waals surface area (Å²) < 4.78 is 15.3. The maximum atomic E-state index is 13.4. The number of hydrogen-bond acceptors (Lipinski definition) is 5. The Bertz CT molecular complexity index is 1360. The summed E-state index contributed by atoms with van der Waals surface area (Å²) in [4.78, 5) is 30.8. The molecule has 5 rings (SSSR count). The fourth-order valence-electron chi connectivity index (χ4n) is 4.45. The van der Waals surface area contributed by atoms with Gasteiger partial charge in [-0.15, -0.1) is 0 Å². The Labute approximate surface area is 200 Å². The fourth-order valence-corrected chi connectivity index (χ4v) is 5.69. The lowest BCUT2D eigenvalue weighted by molar-refractivity contribution is -0.122. The molecule has 0 bridgehead atoms. The predicted octanol–water partition coefficient (Wildman–Crippen LogP) is 4.68. The van der Waals surface area contributed by atoms with Crippen LogP contribution in [0.3, 0.4) is 0 Å².